The summed E-state index contributed by atoms with van der Waals surface area (Å²) in [7, 11) is -4.01. The average molecular weight is 520 g/mol. The van der Waals surface area contributed by atoms with E-state index in [1.807, 2.05) is 0 Å². The van der Waals surface area contributed by atoms with E-state index < -0.39 is 39.0 Å². The van der Waals surface area contributed by atoms with Crippen molar-refractivity contribution in [3.8, 4) is 0 Å². The van der Waals surface area contributed by atoms with Gasteiger partial charge >= 0.3 is 6.18 Å². The Bertz CT molecular complexity index is 1420. The second kappa shape index (κ2) is 8.12. The van der Waals surface area contributed by atoms with Gasteiger partial charge in [-0.15, -0.1) is 0 Å². The third kappa shape index (κ3) is 4.65. The molecular formula is C21H15Cl2F4N3O2S. The van der Waals surface area contributed by atoms with Gasteiger partial charge in [0, 0.05) is 10.9 Å². The Hall–Kier alpha value is -2.40. The number of allylic oxidation sites excluding steroid dienone is 2. The summed E-state index contributed by atoms with van der Waals surface area (Å²) in [6.45, 7) is 0. The second-order valence-electron chi connectivity index (χ2n) is 7.57. The van der Waals surface area contributed by atoms with Crippen LogP contribution in [0.15, 0.2) is 60.5 Å². The largest absolute Gasteiger partial charge is 0.416 e. The SMILES string of the molecule is CS(=O)(=O)NC1(c2nc3c(Cl)cc(C(F)(F)F)cc3[nH]2)C=CC(c2cccc(Cl)c2)C=C1F. The molecule has 3 aromatic rings. The van der Waals surface area contributed by atoms with Gasteiger partial charge in [-0.05, 0) is 35.9 Å². The molecule has 0 aliphatic heterocycles. The summed E-state index contributed by atoms with van der Waals surface area (Å²) in [4.78, 5) is 6.74. The molecule has 174 valence electrons. The summed E-state index contributed by atoms with van der Waals surface area (Å²) in [6.07, 6.45) is 0.135. The Morgan fingerprint density at radius 1 is 1.18 bits per heavy atom. The van der Waals surface area contributed by atoms with Gasteiger partial charge in [-0.2, -0.15) is 17.9 Å². The average Bonchev–Trinajstić information content (AvgIpc) is 3.13. The van der Waals surface area contributed by atoms with Crippen molar-refractivity contribution in [1.82, 2.24) is 14.7 Å². The molecule has 0 spiro atoms. The zero-order chi connectivity index (χ0) is 24.2. The van der Waals surface area contributed by atoms with Gasteiger partial charge in [0.05, 0.1) is 22.4 Å². The van der Waals surface area contributed by atoms with Gasteiger partial charge in [0.2, 0.25) is 10.0 Å². The highest BCUT2D eigenvalue weighted by atomic mass is 35.5. The van der Waals surface area contributed by atoms with Crippen LogP contribution in [0.25, 0.3) is 11.0 Å². The number of sulfonamides is 1. The summed E-state index contributed by atoms with van der Waals surface area (Å²) in [5.74, 6) is -1.77. The molecule has 12 heteroatoms. The van der Waals surface area contributed by atoms with Crippen molar-refractivity contribution in [2.75, 3.05) is 6.26 Å². The standard InChI is InChI=1S/C21H15Cl2F4N3O2S/c1-33(31,32)30-20(6-5-12(8-17(20)24)11-3-2-4-14(22)7-11)19-28-16-10-13(21(25,26)27)9-15(23)18(16)29-19/h2-10,12,30H,1H3,(H,28,29). The molecule has 1 aliphatic carbocycles. The fraction of sp³-hybridized carbons (Fsp3) is 0.190. The fourth-order valence-corrected chi connectivity index (χ4v) is 4.94. The van der Waals surface area contributed by atoms with Crippen molar-refractivity contribution in [2.24, 2.45) is 0 Å². The number of alkyl halides is 3. The van der Waals surface area contributed by atoms with Crippen molar-refractivity contribution >= 4 is 44.3 Å². The van der Waals surface area contributed by atoms with Gasteiger partial charge in [0.1, 0.15) is 17.2 Å². The Morgan fingerprint density at radius 2 is 1.91 bits per heavy atom. The van der Waals surface area contributed by atoms with E-state index in [2.05, 4.69) is 14.7 Å². The number of aromatic amines is 1. The summed E-state index contributed by atoms with van der Waals surface area (Å²) < 4.78 is 81.6. The first-order valence-corrected chi connectivity index (χ1v) is 12.0. The molecule has 0 saturated carbocycles. The number of fused-ring (bicyclic) bond motifs is 1. The van der Waals surface area contributed by atoms with Gasteiger partial charge in [0.15, 0.2) is 5.54 Å². The third-order valence-corrected chi connectivity index (χ3v) is 6.29. The maximum absolute atomic E-state index is 15.6. The number of rotatable bonds is 4. The highest BCUT2D eigenvalue weighted by molar-refractivity contribution is 7.88. The molecule has 0 saturated heterocycles. The molecule has 0 radical (unpaired) electrons. The Morgan fingerprint density at radius 3 is 2.52 bits per heavy atom. The molecular weight excluding hydrogens is 505 g/mol. The van der Waals surface area contributed by atoms with Crippen LogP contribution >= 0.6 is 23.2 Å². The van der Waals surface area contributed by atoms with Crippen LogP contribution in [0.5, 0.6) is 0 Å². The Kier molecular flexibility index (Phi) is 5.84. The van der Waals surface area contributed by atoms with Crippen molar-refractivity contribution in [3.63, 3.8) is 0 Å². The summed E-state index contributed by atoms with van der Waals surface area (Å²) in [5.41, 5.74) is -2.67. The second-order valence-corrected chi connectivity index (χ2v) is 10.2. The molecule has 1 aliphatic rings. The number of aromatic nitrogens is 2. The molecule has 5 nitrogen and oxygen atoms in total. The molecule has 2 unspecified atom stereocenters. The van der Waals surface area contributed by atoms with Crippen LogP contribution in [0.1, 0.15) is 22.9 Å². The number of hydrogen-bond donors (Lipinski definition) is 2. The molecule has 0 fully saturated rings. The first-order chi connectivity index (χ1) is 15.3. The van der Waals surface area contributed by atoms with Gasteiger partial charge in [-0.3, -0.25) is 0 Å². The monoisotopic (exact) mass is 519 g/mol. The lowest BCUT2D eigenvalue weighted by Crippen LogP contribution is -2.46. The Balaban J connectivity index is 1.87. The lowest BCUT2D eigenvalue weighted by atomic mass is 9.85. The summed E-state index contributed by atoms with van der Waals surface area (Å²) in [5, 5.41) is 0.117. The normalized spacial score (nSPS) is 21.4. The molecule has 1 heterocycles. The van der Waals surface area contributed by atoms with E-state index >= 15 is 4.39 Å². The summed E-state index contributed by atoms with van der Waals surface area (Å²) in [6, 6.07) is 8.17. The molecule has 0 bridgehead atoms. The van der Waals surface area contributed by atoms with Gasteiger partial charge in [-0.1, -0.05) is 47.5 Å². The minimum Gasteiger partial charge on any atom is -0.340 e. The van der Waals surface area contributed by atoms with E-state index in [4.69, 9.17) is 23.2 Å². The Labute approximate surface area is 196 Å². The highest BCUT2D eigenvalue weighted by Gasteiger charge is 2.43. The number of imidazole rings is 1. The van der Waals surface area contributed by atoms with Crippen molar-refractivity contribution in [2.45, 2.75) is 17.6 Å². The molecule has 1 aromatic heterocycles. The maximum Gasteiger partial charge on any atom is 0.416 e. The molecule has 33 heavy (non-hydrogen) atoms. The van der Waals surface area contributed by atoms with Crippen LogP contribution in [-0.2, 0) is 21.7 Å². The lowest BCUT2D eigenvalue weighted by Gasteiger charge is -2.31. The van der Waals surface area contributed by atoms with E-state index in [-0.39, 0.29) is 21.9 Å². The molecule has 0 amide bonds. The van der Waals surface area contributed by atoms with Crippen molar-refractivity contribution < 1.29 is 26.0 Å². The van der Waals surface area contributed by atoms with E-state index in [0.717, 1.165) is 12.3 Å². The summed E-state index contributed by atoms with van der Waals surface area (Å²) >= 11 is 12.0. The van der Waals surface area contributed by atoms with E-state index in [9.17, 15) is 21.6 Å². The third-order valence-electron chi connectivity index (χ3n) is 5.08. The zero-order valence-electron chi connectivity index (χ0n) is 16.7. The fourth-order valence-electron chi connectivity index (χ4n) is 3.63. The first-order valence-electron chi connectivity index (χ1n) is 9.37. The lowest BCUT2D eigenvalue weighted by molar-refractivity contribution is -0.137. The quantitative estimate of drug-likeness (QED) is 0.336. The molecule has 4 rings (SSSR count). The van der Waals surface area contributed by atoms with Crippen LogP contribution in [0, 0.1) is 0 Å². The van der Waals surface area contributed by atoms with Crippen molar-refractivity contribution in [1.29, 1.82) is 0 Å². The predicted molar refractivity (Wildman–Crippen MR) is 118 cm³/mol. The number of hydrogen-bond acceptors (Lipinski definition) is 3. The number of H-pyrrole nitrogens is 1. The topological polar surface area (TPSA) is 74.8 Å². The van der Waals surface area contributed by atoms with Crippen LogP contribution in [0.3, 0.4) is 0 Å². The van der Waals surface area contributed by atoms with Crippen LogP contribution < -0.4 is 4.72 Å². The maximum atomic E-state index is 15.6. The highest BCUT2D eigenvalue weighted by Crippen LogP contribution is 2.41. The van der Waals surface area contributed by atoms with Crippen molar-refractivity contribution in [3.05, 3.63) is 87.4 Å². The predicted octanol–water partition coefficient (Wildman–Crippen LogP) is 5.84. The molecule has 2 atom stereocenters. The van der Waals surface area contributed by atoms with Gasteiger partial charge in [0.25, 0.3) is 0 Å². The molecule has 2 N–H and O–H groups in total. The number of benzene rings is 2. The van der Waals surface area contributed by atoms with Crippen LogP contribution in [-0.4, -0.2) is 24.6 Å². The number of nitrogens with one attached hydrogen (secondary N) is 2. The van der Waals surface area contributed by atoms with E-state index in [1.165, 1.54) is 12.2 Å². The van der Waals surface area contributed by atoms with E-state index in [1.54, 1.807) is 30.3 Å². The number of halogens is 6. The smallest absolute Gasteiger partial charge is 0.340 e. The van der Waals surface area contributed by atoms with Crippen LogP contribution in [0.4, 0.5) is 17.6 Å². The zero-order valence-corrected chi connectivity index (χ0v) is 19.0. The van der Waals surface area contributed by atoms with E-state index in [0.29, 0.717) is 16.7 Å². The first kappa shape index (κ1) is 23.7. The number of nitrogens with zero attached hydrogens (tertiary/aromatic N) is 1. The van der Waals surface area contributed by atoms with Gasteiger partial charge in [-0.25, -0.2) is 17.8 Å². The van der Waals surface area contributed by atoms with Crippen LogP contribution in [0.2, 0.25) is 10.0 Å². The minimum atomic E-state index is -4.67. The molecule has 2 aromatic carbocycles. The van der Waals surface area contributed by atoms with Gasteiger partial charge < -0.3 is 4.98 Å². The minimum absolute atomic E-state index is 0.0625.